The smallest absolute Gasteiger partial charge is 0.165 e. The SMILES string of the molecule is c1ccc(-c2nc(-c3ccccc3)nc(-c3c(-c4ccccc4)cc(-n4c5ccc(-n6c7ccccc7c7ccccc76)cc5c5cc(-n6c7ccccc7c7ccccc76)ccc54)cc3-c3ccccc3)n2)cc1. The third-order valence-electron chi connectivity index (χ3n) is 14.9. The highest BCUT2D eigenvalue weighted by Gasteiger charge is 2.25. The predicted molar refractivity (Wildman–Crippen MR) is 310 cm³/mol. The van der Waals surface area contributed by atoms with E-state index in [0.717, 1.165) is 77.8 Å². The van der Waals surface area contributed by atoms with Crippen LogP contribution in [0.25, 0.3) is 139 Å². The van der Waals surface area contributed by atoms with Crippen LogP contribution in [-0.2, 0) is 0 Å². The van der Waals surface area contributed by atoms with Gasteiger partial charge in [-0.1, -0.05) is 194 Å². The predicted octanol–water partition coefficient (Wildman–Crippen LogP) is 17.5. The Labute approximate surface area is 432 Å². The first-order valence-electron chi connectivity index (χ1n) is 25.4. The van der Waals surface area contributed by atoms with Crippen molar-refractivity contribution in [2.45, 2.75) is 0 Å². The highest BCUT2D eigenvalue weighted by atomic mass is 15.0. The second-order valence-corrected chi connectivity index (χ2v) is 19.2. The lowest BCUT2D eigenvalue weighted by atomic mass is 9.90. The Balaban J connectivity index is 1.04. The summed E-state index contributed by atoms with van der Waals surface area (Å²) >= 11 is 0. The molecule has 75 heavy (non-hydrogen) atoms. The molecule has 0 radical (unpaired) electrons. The summed E-state index contributed by atoms with van der Waals surface area (Å²) in [6, 6.07) is 95.4. The van der Waals surface area contributed by atoms with Crippen molar-refractivity contribution in [1.82, 2.24) is 28.7 Å². The van der Waals surface area contributed by atoms with Crippen LogP contribution in [0.4, 0.5) is 0 Å². The highest BCUT2D eigenvalue weighted by Crippen LogP contribution is 2.45. The van der Waals surface area contributed by atoms with Gasteiger partial charge in [0, 0.05) is 66.1 Å². The molecule has 0 atom stereocenters. The summed E-state index contributed by atoms with van der Waals surface area (Å²) in [5.41, 5.74) is 17.0. The molecule has 15 rings (SSSR count). The van der Waals surface area contributed by atoms with Crippen LogP contribution in [0.5, 0.6) is 0 Å². The zero-order valence-corrected chi connectivity index (χ0v) is 40.6. The molecule has 350 valence electrons. The van der Waals surface area contributed by atoms with Crippen LogP contribution in [0.3, 0.4) is 0 Å². The van der Waals surface area contributed by atoms with Crippen molar-refractivity contribution in [1.29, 1.82) is 0 Å². The highest BCUT2D eigenvalue weighted by molar-refractivity contribution is 6.14. The van der Waals surface area contributed by atoms with Gasteiger partial charge in [-0.3, -0.25) is 0 Å². The number of fused-ring (bicyclic) bond motifs is 9. The van der Waals surface area contributed by atoms with E-state index in [1.807, 2.05) is 36.4 Å². The van der Waals surface area contributed by atoms with E-state index in [4.69, 9.17) is 15.0 Å². The van der Waals surface area contributed by atoms with Gasteiger partial charge in [0.15, 0.2) is 17.5 Å². The van der Waals surface area contributed by atoms with Gasteiger partial charge in [-0.15, -0.1) is 0 Å². The fourth-order valence-electron chi connectivity index (χ4n) is 11.6. The fraction of sp³-hybridized carbons (Fsp3) is 0. The molecule has 0 saturated heterocycles. The Hall–Kier alpha value is -10.2. The number of hydrogen-bond donors (Lipinski definition) is 0. The minimum Gasteiger partial charge on any atom is -0.309 e. The molecule has 0 bridgehead atoms. The first-order valence-corrected chi connectivity index (χ1v) is 25.4. The third kappa shape index (κ3) is 6.92. The summed E-state index contributed by atoms with van der Waals surface area (Å²) in [5.74, 6) is 1.82. The van der Waals surface area contributed by atoms with Gasteiger partial charge in [0.25, 0.3) is 0 Å². The molecule has 11 aromatic carbocycles. The molecule has 4 aromatic heterocycles. The first kappa shape index (κ1) is 42.5. The molecule has 0 N–H and O–H groups in total. The molecular formula is C69H44N6. The standard InChI is InChI=1S/C69H44N6/c1-5-21-45(22-6-1)56-43-51(44-57(46-23-7-2-8-24-46)66(56)69-71-67(47-25-9-3-10-26-47)70-68(72-69)48-27-11-4-12-28-48)75-64-39-37-49(73-60-33-17-13-29-52(60)53-30-14-18-34-61(53)73)41-58(64)59-42-50(38-40-65(59)75)74-62-35-19-15-31-54(62)55-32-16-20-36-63(55)74/h1-44H. The second-order valence-electron chi connectivity index (χ2n) is 19.2. The lowest BCUT2D eigenvalue weighted by Crippen LogP contribution is -2.04. The number of hydrogen-bond acceptors (Lipinski definition) is 3. The summed E-state index contributed by atoms with van der Waals surface area (Å²) in [4.78, 5) is 15.9. The number of para-hydroxylation sites is 4. The summed E-state index contributed by atoms with van der Waals surface area (Å²) < 4.78 is 7.29. The quantitative estimate of drug-likeness (QED) is 0.152. The molecule has 0 aliphatic rings. The average molecular weight is 957 g/mol. The largest absolute Gasteiger partial charge is 0.309 e. The number of benzene rings is 11. The summed E-state index contributed by atoms with van der Waals surface area (Å²) in [7, 11) is 0. The molecular weight excluding hydrogens is 913 g/mol. The zero-order valence-electron chi connectivity index (χ0n) is 40.6. The van der Waals surface area contributed by atoms with Crippen molar-refractivity contribution >= 4 is 65.4 Å². The molecule has 0 amide bonds. The van der Waals surface area contributed by atoms with Crippen LogP contribution in [0.2, 0.25) is 0 Å². The van der Waals surface area contributed by atoms with Crippen molar-refractivity contribution in [3.63, 3.8) is 0 Å². The van der Waals surface area contributed by atoms with Crippen molar-refractivity contribution < 1.29 is 0 Å². The maximum atomic E-state index is 5.38. The maximum Gasteiger partial charge on any atom is 0.165 e. The third-order valence-corrected chi connectivity index (χ3v) is 14.9. The molecule has 0 fully saturated rings. The van der Waals surface area contributed by atoms with E-state index in [2.05, 4.69) is 244 Å². The number of rotatable bonds is 8. The Bertz CT molecular complexity index is 4290. The summed E-state index contributed by atoms with van der Waals surface area (Å²) in [6.07, 6.45) is 0. The van der Waals surface area contributed by atoms with E-state index in [0.29, 0.717) is 17.5 Å². The van der Waals surface area contributed by atoms with E-state index in [1.54, 1.807) is 0 Å². The molecule has 6 nitrogen and oxygen atoms in total. The lowest BCUT2D eigenvalue weighted by molar-refractivity contribution is 1.07. The van der Waals surface area contributed by atoms with Gasteiger partial charge in [-0.25, -0.2) is 15.0 Å². The average Bonchev–Trinajstić information content (AvgIpc) is 4.13. The van der Waals surface area contributed by atoms with Crippen molar-refractivity contribution in [2.24, 2.45) is 0 Å². The maximum absolute atomic E-state index is 5.38. The van der Waals surface area contributed by atoms with Crippen LogP contribution in [0.15, 0.2) is 267 Å². The summed E-state index contributed by atoms with van der Waals surface area (Å²) in [5, 5.41) is 7.23. The van der Waals surface area contributed by atoms with Crippen molar-refractivity contribution in [3.05, 3.63) is 267 Å². The molecule has 6 heteroatoms. The van der Waals surface area contributed by atoms with Gasteiger partial charge in [0.2, 0.25) is 0 Å². The Morgan fingerprint density at radius 3 is 0.880 bits per heavy atom. The zero-order chi connectivity index (χ0) is 49.4. The Morgan fingerprint density at radius 2 is 0.507 bits per heavy atom. The van der Waals surface area contributed by atoms with E-state index < -0.39 is 0 Å². The second kappa shape index (κ2) is 17.3. The Kier molecular flexibility index (Phi) is 9.78. The van der Waals surface area contributed by atoms with Crippen LogP contribution in [0, 0.1) is 0 Å². The molecule has 0 aliphatic carbocycles. The number of aromatic nitrogens is 6. The normalized spacial score (nSPS) is 11.7. The topological polar surface area (TPSA) is 53.5 Å². The van der Waals surface area contributed by atoms with Crippen molar-refractivity contribution in [2.75, 3.05) is 0 Å². The summed E-state index contributed by atoms with van der Waals surface area (Å²) in [6.45, 7) is 0. The monoisotopic (exact) mass is 956 g/mol. The van der Waals surface area contributed by atoms with Gasteiger partial charge in [-0.05, 0) is 95.1 Å². The van der Waals surface area contributed by atoms with E-state index in [1.165, 1.54) is 43.6 Å². The van der Waals surface area contributed by atoms with Crippen LogP contribution in [0.1, 0.15) is 0 Å². The van der Waals surface area contributed by atoms with Gasteiger partial charge in [-0.2, -0.15) is 0 Å². The number of nitrogens with zero attached hydrogens (tertiary/aromatic N) is 6. The van der Waals surface area contributed by atoms with Crippen LogP contribution >= 0.6 is 0 Å². The van der Waals surface area contributed by atoms with E-state index in [9.17, 15) is 0 Å². The van der Waals surface area contributed by atoms with Crippen LogP contribution < -0.4 is 0 Å². The molecule has 0 spiro atoms. The molecule has 4 heterocycles. The minimum atomic E-state index is 0.598. The fourth-order valence-corrected chi connectivity index (χ4v) is 11.6. The van der Waals surface area contributed by atoms with E-state index in [-0.39, 0.29) is 0 Å². The molecule has 0 unspecified atom stereocenters. The molecule has 0 aliphatic heterocycles. The molecule has 15 aromatic rings. The van der Waals surface area contributed by atoms with Gasteiger partial charge >= 0.3 is 0 Å². The lowest BCUT2D eigenvalue weighted by Gasteiger charge is -2.20. The first-order chi connectivity index (χ1) is 37.2. The molecule has 0 saturated carbocycles. The van der Waals surface area contributed by atoms with Crippen LogP contribution in [-0.4, -0.2) is 28.7 Å². The Morgan fingerprint density at radius 1 is 0.213 bits per heavy atom. The minimum absolute atomic E-state index is 0.598. The van der Waals surface area contributed by atoms with Gasteiger partial charge < -0.3 is 13.7 Å². The van der Waals surface area contributed by atoms with Crippen molar-refractivity contribution in [3.8, 4) is 73.5 Å². The van der Waals surface area contributed by atoms with Gasteiger partial charge in [0.05, 0.1) is 33.1 Å². The van der Waals surface area contributed by atoms with E-state index >= 15 is 0 Å². The van der Waals surface area contributed by atoms with Gasteiger partial charge in [0.1, 0.15) is 0 Å².